The minimum absolute atomic E-state index is 0. The molecule has 2 unspecified atom stereocenters. The van der Waals surface area contributed by atoms with E-state index < -0.39 is 0 Å². The van der Waals surface area contributed by atoms with Gasteiger partial charge in [-0.1, -0.05) is 30.7 Å². The first-order chi connectivity index (χ1) is 12.6. The number of nitrogens with one attached hydrogen (secondary N) is 1. The lowest BCUT2D eigenvalue weighted by Gasteiger charge is -2.39. The number of aromatic nitrogens is 2. The molecule has 0 amide bonds. The average molecular weight is 481 g/mol. The van der Waals surface area contributed by atoms with Gasteiger partial charge in [0.05, 0.1) is 18.9 Å². The number of halogens is 1. The third-order valence-electron chi connectivity index (χ3n) is 5.36. The first kappa shape index (κ1) is 21.7. The molecular formula is C21H32IN5. The predicted octanol–water partition coefficient (Wildman–Crippen LogP) is 4.17. The number of guanidine groups is 1. The van der Waals surface area contributed by atoms with Crippen molar-refractivity contribution in [2.75, 3.05) is 19.6 Å². The van der Waals surface area contributed by atoms with E-state index in [1.54, 1.807) is 0 Å². The maximum Gasteiger partial charge on any atom is 0.194 e. The fourth-order valence-electron chi connectivity index (χ4n) is 3.70. The van der Waals surface area contributed by atoms with Gasteiger partial charge in [-0.2, -0.15) is 0 Å². The minimum Gasteiger partial charge on any atom is -0.357 e. The molecular weight excluding hydrogens is 449 g/mol. The number of likely N-dealkylation sites (tertiary alicyclic amines) is 1. The Morgan fingerprint density at radius 2 is 2.15 bits per heavy atom. The van der Waals surface area contributed by atoms with Crippen molar-refractivity contribution in [2.45, 2.75) is 46.7 Å². The molecule has 148 valence electrons. The van der Waals surface area contributed by atoms with E-state index in [1.807, 2.05) is 12.5 Å². The van der Waals surface area contributed by atoms with Crippen molar-refractivity contribution in [2.24, 2.45) is 10.9 Å². The van der Waals surface area contributed by atoms with Crippen LogP contribution in [0.25, 0.3) is 0 Å². The van der Waals surface area contributed by atoms with Gasteiger partial charge in [0, 0.05) is 32.0 Å². The fourth-order valence-corrected chi connectivity index (χ4v) is 3.70. The summed E-state index contributed by atoms with van der Waals surface area (Å²) in [5, 5.41) is 3.49. The standard InChI is InChI=1S/C21H31N5.HI/c1-5-23-21(24-13-19-7-6-16(2)12-18(19)4)25-10-8-17(3)20(14-25)26-11-9-22-15-26;/h6-7,9,11-12,15,17,20H,5,8,10,13-14H2,1-4H3,(H,23,24);1H. The lowest BCUT2D eigenvalue weighted by molar-refractivity contribution is 0.189. The normalized spacial score (nSPS) is 20.3. The molecule has 1 N–H and O–H groups in total. The number of piperidine rings is 1. The summed E-state index contributed by atoms with van der Waals surface area (Å²) in [6, 6.07) is 7.04. The highest BCUT2D eigenvalue weighted by atomic mass is 127. The van der Waals surface area contributed by atoms with Crippen LogP contribution in [-0.4, -0.2) is 40.0 Å². The number of hydrogen-bond donors (Lipinski definition) is 1. The monoisotopic (exact) mass is 481 g/mol. The zero-order valence-corrected chi connectivity index (χ0v) is 19.2. The Hall–Kier alpha value is -1.57. The van der Waals surface area contributed by atoms with E-state index in [9.17, 15) is 0 Å². The SMILES string of the molecule is CCNC(=NCc1ccc(C)cc1C)N1CCC(C)C(n2ccnc2)C1.I. The summed E-state index contributed by atoms with van der Waals surface area (Å²) >= 11 is 0. The molecule has 0 spiro atoms. The molecule has 27 heavy (non-hydrogen) atoms. The van der Waals surface area contributed by atoms with Crippen molar-refractivity contribution >= 4 is 29.9 Å². The van der Waals surface area contributed by atoms with Gasteiger partial charge < -0.3 is 14.8 Å². The molecule has 1 fully saturated rings. The van der Waals surface area contributed by atoms with E-state index in [1.165, 1.54) is 16.7 Å². The average Bonchev–Trinajstić information content (AvgIpc) is 3.15. The second-order valence-electron chi connectivity index (χ2n) is 7.39. The van der Waals surface area contributed by atoms with Gasteiger partial charge in [0.15, 0.2) is 5.96 Å². The van der Waals surface area contributed by atoms with Crippen LogP contribution >= 0.6 is 24.0 Å². The van der Waals surface area contributed by atoms with Crippen molar-refractivity contribution in [3.8, 4) is 0 Å². The number of aryl methyl sites for hydroxylation is 2. The first-order valence-electron chi connectivity index (χ1n) is 9.65. The highest BCUT2D eigenvalue weighted by molar-refractivity contribution is 14.0. The van der Waals surface area contributed by atoms with E-state index in [2.05, 4.69) is 71.9 Å². The summed E-state index contributed by atoms with van der Waals surface area (Å²) in [5.74, 6) is 1.66. The molecule has 1 aliphatic heterocycles. The molecule has 1 saturated heterocycles. The van der Waals surface area contributed by atoms with Crippen LogP contribution in [-0.2, 0) is 6.54 Å². The Morgan fingerprint density at radius 3 is 2.81 bits per heavy atom. The predicted molar refractivity (Wildman–Crippen MR) is 123 cm³/mol. The van der Waals surface area contributed by atoms with Gasteiger partial charge >= 0.3 is 0 Å². The van der Waals surface area contributed by atoms with Crippen LogP contribution in [0, 0.1) is 19.8 Å². The zero-order valence-electron chi connectivity index (χ0n) is 16.9. The van der Waals surface area contributed by atoms with Crippen LogP contribution in [0.3, 0.4) is 0 Å². The fraction of sp³-hybridized carbons (Fsp3) is 0.524. The van der Waals surface area contributed by atoms with Crippen molar-refractivity contribution in [1.29, 1.82) is 0 Å². The van der Waals surface area contributed by atoms with E-state index in [0.29, 0.717) is 12.0 Å². The van der Waals surface area contributed by atoms with Crippen molar-refractivity contribution in [3.63, 3.8) is 0 Å². The molecule has 6 heteroatoms. The molecule has 0 aliphatic carbocycles. The summed E-state index contributed by atoms with van der Waals surface area (Å²) < 4.78 is 2.24. The molecule has 1 aliphatic rings. The topological polar surface area (TPSA) is 45.5 Å². The molecule has 5 nitrogen and oxygen atoms in total. The van der Waals surface area contributed by atoms with Crippen LogP contribution in [0.1, 0.15) is 43.0 Å². The third kappa shape index (κ3) is 5.46. The Kier molecular flexibility index (Phi) is 8.13. The van der Waals surface area contributed by atoms with Gasteiger partial charge in [-0.05, 0) is 44.2 Å². The summed E-state index contributed by atoms with van der Waals surface area (Å²) in [6.07, 6.45) is 7.04. The lowest BCUT2D eigenvalue weighted by atomic mass is 9.93. The number of hydrogen-bond acceptors (Lipinski definition) is 2. The maximum absolute atomic E-state index is 4.95. The Bertz CT molecular complexity index is 741. The Labute approximate surface area is 180 Å². The van der Waals surface area contributed by atoms with Crippen LogP contribution in [0.5, 0.6) is 0 Å². The van der Waals surface area contributed by atoms with Crippen LogP contribution in [0.4, 0.5) is 0 Å². The molecule has 1 aromatic heterocycles. The molecule has 0 bridgehead atoms. The third-order valence-corrected chi connectivity index (χ3v) is 5.36. The lowest BCUT2D eigenvalue weighted by Crippen LogP contribution is -2.49. The number of nitrogens with zero attached hydrogens (tertiary/aromatic N) is 4. The smallest absolute Gasteiger partial charge is 0.194 e. The second kappa shape index (κ2) is 10.1. The van der Waals surface area contributed by atoms with Crippen LogP contribution < -0.4 is 5.32 Å². The highest BCUT2D eigenvalue weighted by Crippen LogP contribution is 2.27. The van der Waals surface area contributed by atoms with Gasteiger partial charge in [0.25, 0.3) is 0 Å². The molecule has 2 aromatic rings. The molecule has 0 radical (unpaired) electrons. The highest BCUT2D eigenvalue weighted by Gasteiger charge is 2.28. The Balaban J connectivity index is 0.00000261. The molecule has 2 heterocycles. The number of imidazole rings is 1. The van der Waals surface area contributed by atoms with Crippen molar-refractivity contribution in [1.82, 2.24) is 19.8 Å². The summed E-state index contributed by atoms with van der Waals surface area (Å²) in [7, 11) is 0. The maximum atomic E-state index is 4.95. The van der Waals surface area contributed by atoms with E-state index in [-0.39, 0.29) is 24.0 Å². The molecule has 1 aromatic carbocycles. The summed E-state index contributed by atoms with van der Waals surface area (Å²) in [4.78, 5) is 11.6. The first-order valence-corrected chi connectivity index (χ1v) is 9.65. The van der Waals surface area contributed by atoms with Crippen molar-refractivity contribution < 1.29 is 0 Å². The van der Waals surface area contributed by atoms with E-state index in [0.717, 1.165) is 38.6 Å². The van der Waals surface area contributed by atoms with E-state index >= 15 is 0 Å². The van der Waals surface area contributed by atoms with Gasteiger partial charge in [-0.3, -0.25) is 0 Å². The minimum atomic E-state index is 0. The van der Waals surface area contributed by atoms with Gasteiger partial charge in [0.2, 0.25) is 0 Å². The zero-order chi connectivity index (χ0) is 18.5. The number of benzene rings is 1. The molecule has 3 rings (SSSR count). The van der Waals surface area contributed by atoms with Gasteiger partial charge in [-0.25, -0.2) is 9.98 Å². The van der Waals surface area contributed by atoms with Gasteiger partial charge in [-0.15, -0.1) is 24.0 Å². The quantitative estimate of drug-likeness (QED) is 0.405. The number of aliphatic imine (C=N–C) groups is 1. The summed E-state index contributed by atoms with van der Waals surface area (Å²) in [5.41, 5.74) is 3.91. The molecule has 2 atom stereocenters. The molecule has 0 saturated carbocycles. The van der Waals surface area contributed by atoms with Crippen LogP contribution in [0.2, 0.25) is 0 Å². The van der Waals surface area contributed by atoms with Crippen molar-refractivity contribution in [3.05, 3.63) is 53.6 Å². The van der Waals surface area contributed by atoms with Crippen LogP contribution in [0.15, 0.2) is 41.9 Å². The second-order valence-corrected chi connectivity index (χ2v) is 7.39. The largest absolute Gasteiger partial charge is 0.357 e. The van der Waals surface area contributed by atoms with Gasteiger partial charge in [0.1, 0.15) is 0 Å². The number of rotatable bonds is 4. The summed E-state index contributed by atoms with van der Waals surface area (Å²) in [6.45, 7) is 12.4. The Morgan fingerprint density at radius 1 is 1.33 bits per heavy atom. The van der Waals surface area contributed by atoms with E-state index in [4.69, 9.17) is 4.99 Å².